The number of rotatable bonds is 5. The predicted octanol–water partition coefficient (Wildman–Crippen LogP) is 1.06. The number of hydrogen-bond donors (Lipinski definition) is 1. The topological polar surface area (TPSA) is 53.0 Å². The molecule has 0 bridgehead atoms. The van der Waals surface area contributed by atoms with E-state index in [0.717, 1.165) is 25.9 Å². The van der Waals surface area contributed by atoms with Crippen molar-refractivity contribution in [1.29, 1.82) is 0 Å². The third kappa shape index (κ3) is 3.14. The molecule has 2 atom stereocenters. The maximum Gasteiger partial charge on any atom is 0.409 e. The molecular formula is C13H24N2O3. The molecule has 2 aliphatic rings. The van der Waals surface area contributed by atoms with Crippen molar-refractivity contribution in [2.45, 2.75) is 44.8 Å². The molecule has 2 rings (SSSR count). The Morgan fingerprint density at radius 1 is 1.39 bits per heavy atom. The molecule has 0 saturated carbocycles. The van der Waals surface area contributed by atoms with E-state index in [1.807, 2.05) is 6.92 Å². The molecule has 0 spiro atoms. The van der Waals surface area contributed by atoms with Crippen LogP contribution in [0.4, 0.5) is 4.79 Å². The summed E-state index contributed by atoms with van der Waals surface area (Å²) in [7, 11) is 0. The van der Waals surface area contributed by atoms with Gasteiger partial charge in [-0.1, -0.05) is 13.3 Å². The van der Waals surface area contributed by atoms with Crippen LogP contribution in [0.3, 0.4) is 0 Å². The molecule has 18 heavy (non-hydrogen) atoms. The van der Waals surface area contributed by atoms with E-state index in [2.05, 4.69) is 4.90 Å². The summed E-state index contributed by atoms with van der Waals surface area (Å²) in [4.78, 5) is 15.4. The Morgan fingerprint density at radius 3 is 2.89 bits per heavy atom. The molecular weight excluding hydrogens is 232 g/mol. The van der Waals surface area contributed by atoms with Gasteiger partial charge in [0.05, 0.1) is 12.6 Å². The summed E-state index contributed by atoms with van der Waals surface area (Å²) >= 11 is 0. The number of cyclic esters (lactones) is 1. The van der Waals surface area contributed by atoms with Crippen molar-refractivity contribution in [2.24, 2.45) is 0 Å². The Hall–Kier alpha value is -0.810. The van der Waals surface area contributed by atoms with Gasteiger partial charge in [0.1, 0.15) is 6.61 Å². The summed E-state index contributed by atoms with van der Waals surface area (Å²) in [5, 5.41) is 10.1. The maximum atomic E-state index is 11.4. The second kappa shape index (κ2) is 6.38. The lowest BCUT2D eigenvalue weighted by Crippen LogP contribution is -2.49. The number of hydrogen-bond acceptors (Lipinski definition) is 4. The molecule has 5 nitrogen and oxygen atoms in total. The zero-order valence-corrected chi connectivity index (χ0v) is 11.2. The number of carbonyl (C=O) groups excluding carboxylic acids is 1. The number of amides is 1. The van der Waals surface area contributed by atoms with Gasteiger partial charge in [0.15, 0.2) is 0 Å². The average Bonchev–Trinajstić information content (AvgIpc) is 2.81. The first-order valence-electron chi connectivity index (χ1n) is 7.06. The van der Waals surface area contributed by atoms with Gasteiger partial charge in [0.2, 0.25) is 0 Å². The van der Waals surface area contributed by atoms with E-state index in [-0.39, 0.29) is 18.2 Å². The van der Waals surface area contributed by atoms with Gasteiger partial charge >= 0.3 is 6.09 Å². The summed E-state index contributed by atoms with van der Waals surface area (Å²) < 4.78 is 4.92. The van der Waals surface area contributed by atoms with Crippen LogP contribution in [-0.2, 0) is 4.74 Å². The lowest BCUT2D eigenvalue weighted by Gasteiger charge is -2.38. The molecule has 0 aromatic rings. The largest absolute Gasteiger partial charge is 0.448 e. The van der Waals surface area contributed by atoms with Crippen LogP contribution < -0.4 is 0 Å². The normalized spacial score (nSPS) is 27.3. The Bertz CT molecular complexity index is 285. The molecule has 1 N–H and O–H groups in total. The highest BCUT2D eigenvalue weighted by molar-refractivity contribution is 5.69. The molecule has 2 fully saturated rings. The van der Waals surface area contributed by atoms with Crippen molar-refractivity contribution in [2.75, 3.05) is 32.8 Å². The van der Waals surface area contributed by atoms with E-state index in [1.54, 1.807) is 4.90 Å². The zero-order chi connectivity index (χ0) is 13.0. The average molecular weight is 256 g/mol. The number of nitrogens with zero attached hydrogens (tertiary/aromatic N) is 2. The van der Waals surface area contributed by atoms with Gasteiger partial charge in [0, 0.05) is 19.1 Å². The second-order valence-corrected chi connectivity index (χ2v) is 5.18. The van der Waals surface area contributed by atoms with E-state index < -0.39 is 0 Å². The van der Waals surface area contributed by atoms with Crippen LogP contribution in [0.1, 0.15) is 32.6 Å². The molecule has 5 heteroatoms. The monoisotopic (exact) mass is 256 g/mol. The highest BCUT2D eigenvalue weighted by Gasteiger charge is 2.29. The number of carbonyl (C=O) groups is 1. The summed E-state index contributed by atoms with van der Waals surface area (Å²) in [5.74, 6) is 0. The number of likely N-dealkylation sites (tertiary alicyclic amines) is 1. The smallest absolute Gasteiger partial charge is 0.409 e. The van der Waals surface area contributed by atoms with Gasteiger partial charge in [-0.3, -0.25) is 4.90 Å². The molecule has 0 aromatic heterocycles. The van der Waals surface area contributed by atoms with E-state index >= 15 is 0 Å². The minimum absolute atomic E-state index is 0.195. The lowest BCUT2D eigenvalue weighted by atomic mass is 9.96. The fraction of sp³-hybridized carbons (Fsp3) is 0.923. The first-order valence-corrected chi connectivity index (χ1v) is 7.06. The minimum Gasteiger partial charge on any atom is -0.448 e. The van der Waals surface area contributed by atoms with Gasteiger partial charge in [-0.25, -0.2) is 4.79 Å². The third-order valence-corrected chi connectivity index (χ3v) is 4.03. The molecule has 0 aliphatic carbocycles. The van der Waals surface area contributed by atoms with Crippen LogP contribution in [0.2, 0.25) is 0 Å². The highest BCUT2D eigenvalue weighted by atomic mass is 16.6. The number of aliphatic hydroxyl groups is 1. The Kier molecular flexibility index (Phi) is 4.83. The molecule has 2 aliphatic heterocycles. The van der Waals surface area contributed by atoms with Gasteiger partial charge in [0.25, 0.3) is 0 Å². The molecule has 2 heterocycles. The lowest BCUT2D eigenvalue weighted by molar-refractivity contribution is 0.0213. The van der Waals surface area contributed by atoms with Gasteiger partial charge in [-0.05, 0) is 25.8 Å². The number of piperidine rings is 1. The molecule has 1 amide bonds. The summed E-state index contributed by atoms with van der Waals surface area (Å²) in [6.45, 7) is 5.83. The Balaban J connectivity index is 1.83. The van der Waals surface area contributed by atoms with Gasteiger partial charge in [-0.2, -0.15) is 0 Å². The van der Waals surface area contributed by atoms with Gasteiger partial charge < -0.3 is 14.7 Å². The van der Waals surface area contributed by atoms with Crippen LogP contribution in [0.25, 0.3) is 0 Å². The molecule has 0 unspecified atom stereocenters. The zero-order valence-electron chi connectivity index (χ0n) is 11.2. The van der Waals surface area contributed by atoms with E-state index in [0.29, 0.717) is 19.7 Å². The van der Waals surface area contributed by atoms with Crippen LogP contribution in [0.5, 0.6) is 0 Å². The molecule has 2 saturated heterocycles. The number of ether oxygens (including phenoxy) is 1. The predicted molar refractivity (Wildman–Crippen MR) is 68.4 cm³/mol. The van der Waals surface area contributed by atoms with Crippen molar-refractivity contribution in [3.63, 3.8) is 0 Å². The minimum atomic E-state index is -0.240. The standard InChI is InChI=1S/C13H24N2O3/c1-2-12(16)11-5-3-4-6-14(11)7-8-15-9-10-18-13(15)17/h11-12,16H,2-10H2,1H3/t11-,12-/m1/s1. The van der Waals surface area contributed by atoms with Crippen LogP contribution in [-0.4, -0.2) is 65.9 Å². The molecule has 0 aromatic carbocycles. The van der Waals surface area contributed by atoms with Crippen LogP contribution in [0, 0.1) is 0 Å². The van der Waals surface area contributed by atoms with E-state index in [9.17, 15) is 9.90 Å². The van der Waals surface area contributed by atoms with Crippen molar-refractivity contribution in [3.8, 4) is 0 Å². The van der Waals surface area contributed by atoms with Crippen molar-refractivity contribution in [1.82, 2.24) is 9.80 Å². The first kappa shape index (κ1) is 13.6. The van der Waals surface area contributed by atoms with E-state index in [1.165, 1.54) is 12.8 Å². The van der Waals surface area contributed by atoms with Crippen LogP contribution >= 0.6 is 0 Å². The van der Waals surface area contributed by atoms with Crippen molar-refractivity contribution >= 4 is 6.09 Å². The quantitative estimate of drug-likeness (QED) is 0.799. The fourth-order valence-electron chi connectivity index (χ4n) is 2.88. The van der Waals surface area contributed by atoms with Crippen molar-refractivity contribution in [3.05, 3.63) is 0 Å². The van der Waals surface area contributed by atoms with Crippen LogP contribution in [0.15, 0.2) is 0 Å². The first-order chi connectivity index (χ1) is 8.72. The summed E-state index contributed by atoms with van der Waals surface area (Å²) in [5.41, 5.74) is 0. The van der Waals surface area contributed by atoms with E-state index in [4.69, 9.17) is 4.74 Å². The molecule has 0 radical (unpaired) electrons. The number of aliphatic hydroxyl groups excluding tert-OH is 1. The molecule has 104 valence electrons. The Labute approximate surface area is 109 Å². The SMILES string of the molecule is CC[C@@H](O)[C@H]1CCCCN1CCN1CCOC1=O. The second-order valence-electron chi connectivity index (χ2n) is 5.18. The Morgan fingerprint density at radius 2 is 2.22 bits per heavy atom. The van der Waals surface area contributed by atoms with Crippen molar-refractivity contribution < 1.29 is 14.6 Å². The highest BCUT2D eigenvalue weighted by Crippen LogP contribution is 2.21. The summed E-state index contributed by atoms with van der Waals surface area (Å²) in [6.07, 6.45) is 3.82. The van der Waals surface area contributed by atoms with Gasteiger partial charge in [-0.15, -0.1) is 0 Å². The fourth-order valence-corrected chi connectivity index (χ4v) is 2.88. The maximum absolute atomic E-state index is 11.4. The summed E-state index contributed by atoms with van der Waals surface area (Å²) in [6, 6.07) is 0.266. The third-order valence-electron chi connectivity index (χ3n) is 4.03.